The molecule has 198 valence electrons. The maximum Gasteiger partial charge on any atom is 0.335 e. The molecule has 0 aromatic carbocycles. The Labute approximate surface area is 244 Å². The number of carboxylic acid groups (broad SMARTS) is 2. The minimum Gasteiger partial charge on any atom is -0.478 e. The zero-order chi connectivity index (χ0) is 27.4. The summed E-state index contributed by atoms with van der Waals surface area (Å²) in [5.74, 6) is -0.972. The SMILES string of the molecule is O=C(O)C1=CC(c2cc(C(=O)O)ccn2)NC(c2cc(-c3cc4sc(-c5cc6c(s5)CCS6)cc4s3)ccn2)=C1. The number of nitrogens with zero attached hydrogens (tertiary/aromatic N) is 2. The second kappa shape index (κ2) is 10.0. The van der Waals surface area contributed by atoms with Crippen LogP contribution >= 0.6 is 45.8 Å². The first-order valence-corrected chi connectivity index (χ1v) is 15.7. The standard InChI is InChI=1S/C29H19N3O4S4/c33-28(34)15-2-5-31-18(8-15)20-10-16(29(35)36)9-19(32-20)17-7-14(1-4-30-17)22-11-24-26(39-22)13-27(40-24)25-12-23-21(38-25)3-6-37-23/h1-2,4-5,7-13,20,32H,3,6H2,(H,33,34)(H,35,36). The lowest BCUT2D eigenvalue weighted by atomic mass is 10.00. The Morgan fingerprint density at radius 3 is 2.45 bits per heavy atom. The molecule has 0 saturated carbocycles. The van der Waals surface area contributed by atoms with Crippen LogP contribution < -0.4 is 5.32 Å². The molecule has 0 aliphatic carbocycles. The molecule has 0 spiro atoms. The molecule has 2 aliphatic rings. The van der Waals surface area contributed by atoms with Crippen LogP contribution in [0, 0.1) is 0 Å². The van der Waals surface area contributed by atoms with E-state index in [1.165, 1.54) is 65.5 Å². The molecule has 0 saturated heterocycles. The summed E-state index contributed by atoms with van der Waals surface area (Å²) in [6.07, 6.45) is 7.36. The highest BCUT2D eigenvalue weighted by Crippen LogP contribution is 2.47. The summed E-state index contributed by atoms with van der Waals surface area (Å²) in [5.41, 5.74) is 2.67. The third-order valence-corrected chi connectivity index (χ3v) is 11.6. The van der Waals surface area contributed by atoms with Gasteiger partial charge in [-0.1, -0.05) is 0 Å². The van der Waals surface area contributed by atoms with E-state index in [0.717, 1.165) is 10.4 Å². The van der Waals surface area contributed by atoms with Crippen LogP contribution in [0.3, 0.4) is 0 Å². The molecule has 1 unspecified atom stereocenters. The van der Waals surface area contributed by atoms with Crippen molar-refractivity contribution in [3.63, 3.8) is 0 Å². The molecular weight excluding hydrogens is 583 g/mol. The normalized spacial score (nSPS) is 16.4. The Bertz CT molecular complexity index is 1840. The predicted octanol–water partition coefficient (Wildman–Crippen LogP) is 7.19. The summed E-state index contributed by atoms with van der Waals surface area (Å²) in [6.45, 7) is 0. The van der Waals surface area contributed by atoms with Crippen molar-refractivity contribution < 1.29 is 19.8 Å². The topological polar surface area (TPSA) is 112 Å². The Kier molecular flexibility index (Phi) is 6.31. The molecule has 0 bridgehead atoms. The molecule has 7 heterocycles. The van der Waals surface area contributed by atoms with Crippen LogP contribution in [-0.2, 0) is 11.2 Å². The van der Waals surface area contributed by atoms with Gasteiger partial charge in [0.05, 0.1) is 34.3 Å². The summed E-state index contributed by atoms with van der Waals surface area (Å²) < 4.78 is 2.48. The zero-order valence-corrected chi connectivity index (χ0v) is 23.8. The van der Waals surface area contributed by atoms with Gasteiger partial charge in [0.2, 0.25) is 0 Å². The van der Waals surface area contributed by atoms with Crippen LogP contribution in [0.1, 0.15) is 32.7 Å². The van der Waals surface area contributed by atoms with E-state index in [4.69, 9.17) is 0 Å². The van der Waals surface area contributed by atoms with E-state index in [2.05, 4.69) is 33.5 Å². The van der Waals surface area contributed by atoms with Crippen LogP contribution in [0.25, 0.3) is 35.3 Å². The lowest BCUT2D eigenvalue weighted by Gasteiger charge is -2.23. The number of nitrogens with one attached hydrogen (secondary N) is 1. The van der Waals surface area contributed by atoms with Gasteiger partial charge < -0.3 is 15.5 Å². The van der Waals surface area contributed by atoms with Gasteiger partial charge in [-0.25, -0.2) is 9.59 Å². The molecule has 5 aromatic rings. The Morgan fingerprint density at radius 2 is 1.65 bits per heavy atom. The first-order chi connectivity index (χ1) is 19.4. The van der Waals surface area contributed by atoms with Gasteiger partial charge in [0.1, 0.15) is 0 Å². The van der Waals surface area contributed by atoms with Crippen molar-refractivity contribution in [2.75, 3.05) is 5.75 Å². The number of fused-ring (bicyclic) bond motifs is 2. The molecule has 40 heavy (non-hydrogen) atoms. The fourth-order valence-electron chi connectivity index (χ4n) is 4.74. The Balaban J connectivity index is 1.19. The minimum absolute atomic E-state index is 0.0793. The van der Waals surface area contributed by atoms with Crippen molar-refractivity contribution in [1.82, 2.24) is 15.3 Å². The summed E-state index contributed by atoms with van der Waals surface area (Å²) >= 11 is 7.39. The molecule has 11 heteroatoms. The quantitative estimate of drug-likeness (QED) is 0.187. The number of thiophene rings is 3. The highest BCUT2D eigenvalue weighted by Gasteiger charge is 2.23. The lowest BCUT2D eigenvalue weighted by molar-refractivity contribution is -0.132. The van der Waals surface area contributed by atoms with Crippen molar-refractivity contribution in [3.8, 4) is 20.2 Å². The molecule has 3 N–H and O–H groups in total. The second-order valence-corrected chi connectivity index (χ2v) is 13.7. The largest absolute Gasteiger partial charge is 0.478 e. The fraction of sp³-hybridized carbons (Fsp3) is 0.103. The number of rotatable bonds is 6. The van der Waals surface area contributed by atoms with Crippen molar-refractivity contribution >= 4 is 72.8 Å². The van der Waals surface area contributed by atoms with Crippen LogP contribution in [0.15, 0.2) is 77.5 Å². The molecule has 5 aromatic heterocycles. The molecule has 2 aliphatic heterocycles. The maximum absolute atomic E-state index is 11.9. The average molecular weight is 602 g/mol. The molecule has 0 radical (unpaired) electrons. The number of dihydropyridines is 1. The Hall–Kier alpha value is -3.77. The highest BCUT2D eigenvalue weighted by molar-refractivity contribution is 7.99. The molecule has 7 rings (SSSR count). The van der Waals surface area contributed by atoms with Gasteiger partial charge in [0.25, 0.3) is 0 Å². The maximum atomic E-state index is 11.9. The molecule has 0 fully saturated rings. The number of hydrogen-bond donors (Lipinski definition) is 3. The van der Waals surface area contributed by atoms with Gasteiger partial charge in [-0.3, -0.25) is 9.97 Å². The predicted molar refractivity (Wildman–Crippen MR) is 161 cm³/mol. The first-order valence-electron chi connectivity index (χ1n) is 12.3. The monoisotopic (exact) mass is 601 g/mol. The number of aromatic carboxylic acids is 1. The smallest absolute Gasteiger partial charge is 0.335 e. The van der Waals surface area contributed by atoms with E-state index >= 15 is 0 Å². The van der Waals surface area contributed by atoms with Crippen LogP contribution in [0.5, 0.6) is 0 Å². The van der Waals surface area contributed by atoms with E-state index in [0.29, 0.717) is 17.1 Å². The number of carbonyl (C=O) groups is 2. The van der Waals surface area contributed by atoms with Gasteiger partial charge in [0, 0.05) is 52.0 Å². The van der Waals surface area contributed by atoms with Gasteiger partial charge in [-0.2, -0.15) is 0 Å². The van der Waals surface area contributed by atoms with E-state index in [-0.39, 0.29) is 11.1 Å². The molecular formula is C29H19N3O4S4. The lowest BCUT2D eigenvalue weighted by Crippen LogP contribution is -2.25. The van der Waals surface area contributed by atoms with E-state index in [1.54, 1.807) is 23.6 Å². The van der Waals surface area contributed by atoms with E-state index in [1.807, 2.05) is 46.6 Å². The highest BCUT2D eigenvalue weighted by atomic mass is 32.2. The minimum atomic E-state index is -1.08. The number of thioether (sulfide) groups is 1. The van der Waals surface area contributed by atoms with Crippen LogP contribution in [0.2, 0.25) is 0 Å². The number of pyridine rings is 2. The van der Waals surface area contributed by atoms with Gasteiger partial charge in [-0.05, 0) is 66.6 Å². The molecule has 1 atom stereocenters. The van der Waals surface area contributed by atoms with Crippen molar-refractivity contribution in [1.29, 1.82) is 0 Å². The number of aliphatic carboxylic acids is 1. The molecule has 0 amide bonds. The van der Waals surface area contributed by atoms with Gasteiger partial charge in [0.15, 0.2) is 0 Å². The van der Waals surface area contributed by atoms with Crippen LogP contribution in [0.4, 0.5) is 0 Å². The summed E-state index contributed by atoms with van der Waals surface area (Å²) in [4.78, 5) is 38.9. The first kappa shape index (κ1) is 25.2. The third-order valence-electron chi connectivity index (χ3n) is 6.68. The van der Waals surface area contributed by atoms with Gasteiger partial charge >= 0.3 is 11.9 Å². The summed E-state index contributed by atoms with van der Waals surface area (Å²) in [6, 6.07) is 12.9. The van der Waals surface area contributed by atoms with E-state index in [9.17, 15) is 19.8 Å². The summed E-state index contributed by atoms with van der Waals surface area (Å²) in [5, 5.41) is 22.4. The van der Waals surface area contributed by atoms with Crippen LogP contribution in [-0.4, -0.2) is 37.9 Å². The number of hydrogen-bond acceptors (Lipinski definition) is 9. The number of carboxylic acids is 2. The van der Waals surface area contributed by atoms with Crippen molar-refractivity contribution in [3.05, 3.63) is 94.4 Å². The van der Waals surface area contributed by atoms with E-state index < -0.39 is 18.0 Å². The van der Waals surface area contributed by atoms with Gasteiger partial charge in [-0.15, -0.1) is 45.8 Å². The Morgan fingerprint density at radius 1 is 0.875 bits per heavy atom. The third kappa shape index (κ3) is 4.64. The number of aromatic nitrogens is 2. The summed E-state index contributed by atoms with van der Waals surface area (Å²) in [7, 11) is 0. The second-order valence-electron chi connectivity index (χ2n) is 9.26. The fourth-order valence-corrected chi connectivity index (χ4v) is 9.75. The van der Waals surface area contributed by atoms with Crippen molar-refractivity contribution in [2.45, 2.75) is 17.4 Å². The van der Waals surface area contributed by atoms with Crippen molar-refractivity contribution in [2.24, 2.45) is 0 Å². The zero-order valence-electron chi connectivity index (χ0n) is 20.6. The molecule has 7 nitrogen and oxygen atoms in total. The average Bonchev–Trinajstić information content (AvgIpc) is 3.73. The number of aryl methyl sites for hydroxylation is 1.